The molecule has 22 heavy (non-hydrogen) atoms. The van der Waals surface area contributed by atoms with Crippen molar-refractivity contribution in [1.82, 2.24) is 5.32 Å². The summed E-state index contributed by atoms with van der Waals surface area (Å²) in [6.07, 6.45) is 0.748. The lowest BCUT2D eigenvalue weighted by Crippen LogP contribution is -2.24. The van der Waals surface area contributed by atoms with Gasteiger partial charge in [0.15, 0.2) is 0 Å². The van der Waals surface area contributed by atoms with Gasteiger partial charge in [-0.15, -0.1) is 11.3 Å². The number of fused-ring (bicyclic) bond motifs is 3. The molecular weight excluding hydrogens is 302 g/mol. The number of benzene rings is 1. The van der Waals surface area contributed by atoms with Gasteiger partial charge >= 0.3 is 5.63 Å². The van der Waals surface area contributed by atoms with Crippen LogP contribution in [0.25, 0.3) is 21.1 Å². The highest BCUT2D eigenvalue weighted by Gasteiger charge is 2.15. The number of thiophene rings is 1. The van der Waals surface area contributed by atoms with Gasteiger partial charge in [0.1, 0.15) is 5.58 Å². The molecule has 3 rings (SSSR count). The Balaban J connectivity index is 1.96. The lowest BCUT2D eigenvalue weighted by Gasteiger charge is -2.02. The Bertz CT molecular complexity index is 881. The fourth-order valence-corrected chi connectivity index (χ4v) is 3.35. The van der Waals surface area contributed by atoms with Gasteiger partial charge in [-0.3, -0.25) is 4.79 Å². The molecule has 0 unspecified atom stereocenters. The normalized spacial score (nSPS) is 11.1. The van der Waals surface area contributed by atoms with E-state index < -0.39 is 5.63 Å². The van der Waals surface area contributed by atoms with Crippen molar-refractivity contribution in [1.29, 1.82) is 0 Å². The predicted octanol–water partition coefficient (Wildman–Crippen LogP) is 2.77. The van der Waals surface area contributed by atoms with Crippen molar-refractivity contribution in [3.63, 3.8) is 0 Å². The summed E-state index contributed by atoms with van der Waals surface area (Å²) < 4.78 is 11.0. The van der Waals surface area contributed by atoms with E-state index in [0.29, 0.717) is 29.0 Å². The molecule has 6 heteroatoms. The van der Waals surface area contributed by atoms with Crippen molar-refractivity contribution in [2.75, 3.05) is 20.3 Å². The number of hydrogen-bond acceptors (Lipinski definition) is 5. The van der Waals surface area contributed by atoms with Crippen molar-refractivity contribution in [3.8, 4) is 0 Å². The lowest BCUT2D eigenvalue weighted by atomic mass is 10.2. The average Bonchev–Trinajstić information content (AvgIpc) is 2.98. The number of hydrogen-bond donors (Lipinski definition) is 1. The van der Waals surface area contributed by atoms with Gasteiger partial charge in [-0.1, -0.05) is 12.1 Å². The molecule has 0 fully saturated rings. The zero-order valence-electron chi connectivity index (χ0n) is 12.0. The first kappa shape index (κ1) is 14.7. The van der Waals surface area contributed by atoms with E-state index in [0.717, 1.165) is 16.5 Å². The minimum absolute atomic E-state index is 0.180. The number of rotatable bonds is 5. The molecule has 0 aliphatic carbocycles. The van der Waals surface area contributed by atoms with E-state index in [4.69, 9.17) is 9.15 Å². The highest BCUT2D eigenvalue weighted by molar-refractivity contribution is 7.21. The van der Waals surface area contributed by atoms with Gasteiger partial charge < -0.3 is 14.5 Å². The Hall–Kier alpha value is -2.18. The summed E-state index contributed by atoms with van der Waals surface area (Å²) in [6.45, 7) is 1.14. The number of carbonyl (C=O) groups is 1. The van der Waals surface area contributed by atoms with Crippen molar-refractivity contribution in [2.45, 2.75) is 6.42 Å². The molecule has 0 radical (unpaired) electrons. The molecule has 1 N–H and O–H groups in total. The summed E-state index contributed by atoms with van der Waals surface area (Å²) >= 11 is 1.31. The Morgan fingerprint density at radius 2 is 2.14 bits per heavy atom. The minimum atomic E-state index is -0.414. The third-order valence-electron chi connectivity index (χ3n) is 3.32. The van der Waals surface area contributed by atoms with Crippen LogP contribution in [0.2, 0.25) is 0 Å². The monoisotopic (exact) mass is 317 g/mol. The molecule has 5 nitrogen and oxygen atoms in total. The fraction of sp³-hybridized carbons (Fsp3) is 0.250. The summed E-state index contributed by atoms with van der Waals surface area (Å²) in [4.78, 5) is 24.7. The van der Waals surface area contributed by atoms with Crippen molar-refractivity contribution in [2.24, 2.45) is 0 Å². The molecule has 1 amide bonds. The van der Waals surface area contributed by atoms with Gasteiger partial charge in [0, 0.05) is 25.6 Å². The molecular formula is C16H15NO4S. The molecule has 114 valence electrons. The van der Waals surface area contributed by atoms with Gasteiger partial charge in [-0.05, 0) is 24.6 Å². The van der Waals surface area contributed by atoms with E-state index in [-0.39, 0.29) is 5.91 Å². The summed E-state index contributed by atoms with van der Waals surface area (Å²) in [5, 5.41) is 4.12. The van der Waals surface area contributed by atoms with Crippen molar-refractivity contribution >= 4 is 38.3 Å². The first-order chi connectivity index (χ1) is 10.7. The molecule has 1 aromatic carbocycles. The van der Waals surface area contributed by atoms with Crippen LogP contribution in [0.5, 0.6) is 0 Å². The largest absolute Gasteiger partial charge is 0.422 e. The van der Waals surface area contributed by atoms with Crippen LogP contribution in [-0.2, 0) is 4.74 Å². The zero-order chi connectivity index (χ0) is 15.5. The Labute approximate surface area is 130 Å². The first-order valence-corrected chi connectivity index (χ1v) is 7.75. The number of carbonyl (C=O) groups excluding carboxylic acids is 1. The van der Waals surface area contributed by atoms with E-state index in [9.17, 15) is 9.59 Å². The molecule has 0 bridgehead atoms. The Morgan fingerprint density at radius 3 is 2.95 bits per heavy atom. The van der Waals surface area contributed by atoms with Crippen LogP contribution < -0.4 is 10.9 Å². The number of ether oxygens (including phenoxy) is 1. The van der Waals surface area contributed by atoms with Crippen LogP contribution >= 0.6 is 11.3 Å². The molecule has 0 aliphatic rings. The second kappa shape index (κ2) is 6.29. The molecule has 0 aliphatic heterocycles. The van der Waals surface area contributed by atoms with Crippen LogP contribution in [0.1, 0.15) is 16.1 Å². The maximum Gasteiger partial charge on any atom is 0.345 e. The highest BCUT2D eigenvalue weighted by atomic mass is 32.1. The second-order valence-electron chi connectivity index (χ2n) is 4.84. The molecule has 2 aromatic heterocycles. The first-order valence-electron chi connectivity index (χ1n) is 6.93. The standard InChI is InChI=1S/C16H15NO4S/c1-20-8-4-7-17-15(18)13-9-11-14(22-13)10-5-2-3-6-12(10)21-16(11)19/h2-3,5-6,9H,4,7-8H2,1H3,(H,17,18). The van der Waals surface area contributed by atoms with Crippen LogP contribution in [0.4, 0.5) is 0 Å². The number of nitrogens with one attached hydrogen (secondary N) is 1. The third kappa shape index (κ3) is 2.75. The molecule has 0 saturated heterocycles. The highest BCUT2D eigenvalue weighted by Crippen LogP contribution is 2.30. The zero-order valence-corrected chi connectivity index (χ0v) is 12.9. The second-order valence-corrected chi connectivity index (χ2v) is 5.89. The fourth-order valence-electron chi connectivity index (χ4n) is 2.26. The van der Waals surface area contributed by atoms with Crippen LogP contribution in [0.15, 0.2) is 39.5 Å². The predicted molar refractivity (Wildman–Crippen MR) is 86.7 cm³/mol. The van der Waals surface area contributed by atoms with Crippen LogP contribution in [0, 0.1) is 0 Å². The van der Waals surface area contributed by atoms with E-state index >= 15 is 0 Å². The molecule has 0 saturated carbocycles. The SMILES string of the molecule is COCCCNC(=O)c1cc2c(=O)oc3ccccc3c2s1. The van der Waals surface area contributed by atoms with Crippen LogP contribution in [-0.4, -0.2) is 26.2 Å². The van der Waals surface area contributed by atoms with Gasteiger partial charge in [-0.25, -0.2) is 4.79 Å². The van der Waals surface area contributed by atoms with Gasteiger partial charge in [0.05, 0.1) is 15.0 Å². The number of para-hydroxylation sites is 1. The Kier molecular flexibility index (Phi) is 4.22. The lowest BCUT2D eigenvalue weighted by molar-refractivity contribution is 0.0952. The maximum atomic E-state index is 12.2. The quantitative estimate of drug-likeness (QED) is 0.580. The van der Waals surface area contributed by atoms with Crippen molar-refractivity contribution < 1.29 is 13.9 Å². The van der Waals surface area contributed by atoms with Crippen LogP contribution in [0.3, 0.4) is 0 Å². The van der Waals surface area contributed by atoms with E-state index in [1.54, 1.807) is 19.2 Å². The summed E-state index contributed by atoms with van der Waals surface area (Å²) in [7, 11) is 1.62. The van der Waals surface area contributed by atoms with E-state index in [1.165, 1.54) is 11.3 Å². The molecule has 2 heterocycles. The van der Waals surface area contributed by atoms with E-state index in [1.807, 2.05) is 18.2 Å². The average molecular weight is 317 g/mol. The summed E-state index contributed by atoms with van der Waals surface area (Å²) in [5.41, 5.74) is 0.122. The molecule has 3 aromatic rings. The Morgan fingerprint density at radius 1 is 1.32 bits per heavy atom. The number of methoxy groups -OCH3 is 1. The molecule has 0 atom stereocenters. The molecule has 0 spiro atoms. The summed E-state index contributed by atoms with van der Waals surface area (Å²) in [6, 6.07) is 8.93. The van der Waals surface area contributed by atoms with E-state index in [2.05, 4.69) is 5.32 Å². The number of amides is 1. The minimum Gasteiger partial charge on any atom is -0.422 e. The van der Waals surface area contributed by atoms with Gasteiger partial charge in [0.2, 0.25) is 0 Å². The van der Waals surface area contributed by atoms with Gasteiger partial charge in [0.25, 0.3) is 5.91 Å². The maximum absolute atomic E-state index is 12.2. The van der Waals surface area contributed by atoms with Gasteiger partial charge in [-0.2, -0.15) is 0 Å². The third-order valence-corrected chi connectivity index (χ3v) is 4.49. The van der Waals surface area contributed by atoms with Crippen molar-refractivity contribution in [3.05, 3.63) is 45.6 Å². The smallest absolute Gasteiger partial charge is 0.345 e. The topological polar surface area (TPSA) is 68.5 Å². The summed E-state index contributed by atoms with van der Waals surface area (Å²) in [5.74, 6) is -0.180.